The van der Waals surface area contributed by atoms with Crippen molar-refractivity contribution in [1.82, 2.24) is 15.3 Å². The van der Waals surface area contributed by atoms with Gasteiger partial charge >= 0.3 is 6.36 Å². The van der Waals surface area contributed by atoms with Crippen LogP contribution in [0.3, 0.4) is 0 Å². The Kier molecular flexibility index (Phi) is 7.21. The first kappa shape index (κ1) is 22.9. The van der Waals surface area contributed by atoms with E-state index in [0.29, 0.717) is 12.4 Å². The van der Waals surface area contributed by atoms with Crippen molar-refractivity contribution < 1.29 is 22.7 Å². The van der Waals surface area contributed by atoms with Crippen LogP contribution in [0, 0.1) is 16.7 Å². The van der Waals surface area contributed by atoms with Crippen LogP contribution in [0.1, 0.15) is 32.2 Å². The fourth-order valence-electron chi connectivity index (χ4n) is 2.67. The van der Waals surface area contributed by atoms with Gasteiger partial charge in [0.1, 0.15) is 17.6 Å². The zero-order valence-electron chi connectivity index (χ0n) is 16.8. The third-order valence-corrected chi connectivity index (χ3v) is 3.74. The summed E-state index contributed by atoms with van der Waals surface area (Å²) in [6.45, 7) is 6.16. The minimum Gasteiger partial charge on any atom is -0.405 e. The van der Waals surface area contributed by atoms with Crippen LogP contribution in [0.25, 0.3) is 0 Å². The number of alkyl halides is 3. The highest BCUT2D eigenvalue weighted by Crippen LogP contribution is 2.26. The average molecular weight is 421 g/mol. The van der Waals surface area contributed by atoms with Crippen molar-refractivity contribution in [3.8, 4) is 11.8 Å². The summed E-state index contributed by atoms with van der Waals surface area (Å²) in [4.78, 5) is 22.2. The van der Waals surface area contributed by atoms with Gasteiger partial charge in [-0.2, -0.15) is 5.26 Å². The summed E-state index contributed by atoms with van der Waals surface area (Å²) >= 11 is 0. The van der Waals surface area contributed by atoms with Gasteiger partial charge in [0.15, 0.2) is 0 Å². The first-order valence-electron chi connectivity index (χ1n) is 9.05. The number of amides is 1. The fraction of sp³-hybridized carbons (Fsp3) is 0.400. The molecule has 160 valence electrons. The Labute approximate surface area is 172 Å². The van der Waals surface area contributed by atoms with Gasteiger partial charge in [0.05, 0.1) is 6.54 Å². The molecule has 7 nitrogen and oxygen atoms in total. The molecule has 0 atom stereocenters. The topological polar surface area (TPSA) is 91.1 Å². The van der Waals surface area contributed by atoms with Crippen molar-refractivity contribution in [3.05, 3.63) is 47.9 Å². The summed E-state index contributed by atoms with van der Waals surface area (Å²) in [6, 6.07) is 9.04. The number of anilines is 1. The van der Waals surface area contributed by atoms with E-state index in [1.807, 2.05) is 26.8 Å². The maximum atomic E-state index is 12.5. The molecule has 0 saturated heterocycles. The van der Waals surface area contributed by atoms with E-state index in [4.69, 9.17) is 5.26 Å². The summed E-state index contributed by atoms with van der Waals surface area (Å²) in [5.74, 6) is -0.401. The number of aromatic nitrogens is 2. The quantitative estimate of drug-likeness (QED) is 0.737. The number of halogens is 3. The average Bonchev–Trinajstić information content (AvgIpc) is 2.64. The van der Waals surface area contributed by atoms with E-state index in [0.717, 1.165) is 0 Å². The molecule has 0 spiro atoms. The van der Waals surface area contributed by atoms with Crippen molar-refractivity contribution in [2.24, 2.45) is 5.41 Å². The number of para-hydroxylation sites is 1. The van der Waals surface area contributed by atoms with Gasteiger partial charge in [-0.3, -0.25) is 4.79 Å². The van der Waals surface area contributed by atoms with E-state index in [2.05, 4.69) is 20.0 Å². The van der Waals surface area contributed by atoms with E-state index < -0.39 is 12.3 Å². The van der Waals surface area contributed by atoms with E-state index in [1.54, 1.807) is 17.0 Å². The number of hydrogen-bond acceptors (Lipinski definition) is 6. The molecule has 1 heterocycles. The number of hydrogen-bond donors (Lipinski definition) is 1. The molecule has 1 aromatic heterocycles. The Morgan fingerprint density at radius 3 is 2.57 bits per heavy atom. The summed E-state index contributed by atoms with van der Waals surface area (Å²) in [6.07, 6.45) is -3.39. The second kappa shape index (κ2) is 9.43. The van der Waals surface area contributed by atoms with Crippen LogP contribution >= 0.6 is 0 Å². The monoisotopic (exact) mass is 421 g/mol. The molecule has 0 aliphatic heterocycles. The molecule has 1 aromatic carbocycles. The minimum absolute atomic E-state index is 0.0231. The summed E-state index contributed by atoms with van der Waals surface area (Å²) < 4.78 is 41.6. The standard InChI is InChI=1S/C20H22F3N5O2/c1-19(2,3)13-28(17-8-9-25-16(10-24)27-17)12-18(29)26-11-14-6-4-5-7-15(14)30-20(21,22)23/h4-9H,11-13H2,1-3H3,(H,26,29). The first-order chi connectivity index (χ1) is 14.0. The molecule has 0 fully saturated rings. The highest BCUT2D eigenvalue weighted by Gasteiger charge is 2.32. The van der Waals surface area contributed by atoms with Gasteiger partial charge < -0.3 is 15.0 Å². The van der Waals surface area contributed by atoms with Gasteiger partial charge in [0.25, 0.3) is 0 Å². The Balaban J connectivity index is 2.11. The summed E-state index contributed by atoms with van der Waals surface area (Å²) in [5, 5.41) is 11.6. The van der Waals surface area contributed by atoms with Gasteiger partial charge in [-0.1, -0.05) is 39.0 Å². The number of carbonyl (C=O) groups excluding carboxylic acids is 1. The summed E-state index contributed by atoms with van der Waals surface area (Å²) in [7, 11) is 0. The number of nitrogens with one attached hydrogen (secondary N) is 1. The Morgan fingerprint density at radius 1 is 1.23 bits per heavy atom. The molecule has 0 unspecified atom stereocenters. The van der Waals surface area contributed by atoms with Crippen LogP contribution in [0.4, 0.5) is 19.0 Å². The predicted octanol–water partition coefficient (Wildman–Crippen LogP) is 3.42. The smallest absolute Gasteiger partial charge is 0.405 e. The number of nitriles is 1. The third-order valence-electron chi connectivity index (χ3n) is 3.74. The molecule has 1 N–H and O–H groups in total. The Hall–Kier alpha value is -3.35. The number of benzene rings is 1. The highest BCUT2D eigenvalue weighted by molar-refractivity contribution is 5.81. The maximum Gasteiger partial charge on any atom is 0.573 e. The molecular weight excluding hydrogens is 399 g/mol. The van der Waals surface area contributed by atoms with Crippen molar-refractivity contribution in [2.75, 3.05) is 18.0 Å². The third kappa shape index (κ3) is 7.58. The number of rotatable bonds is 7. The normalized spacial score (nSPS) is 11.5. The van der Waals surface area contributed by atoms with Crippen LogP contribution in [-0.4, -0.2) is 35.3 Å². The fourth-order valence-corrected chi connectivity index (χ4v) is 2.67. The molecule has 30 heavy (non-hydrogen) atoms. The van der Waals surface area contributed by atoms with E-state index >= 15 is 0 Å². The van der Waals surface area contributed by atoms with Crippen LogP contribution in [-0.2, 0) is 11.3 Å². The van der Waals surface area contributed by atoms with E-state index in [9.17, 15) is 18.0 Å². The number of carbonyl (C=O) groups is 1. The van der Waals surface area contributed by atoms with Crippen molar-refractivity contribution in [3.63, 3.8) is 0 Å². The lowest BCUT2D eigenvalue weighted by Gasteiger charge is -2.30. The maximum absolute atomic E-state index is 12.5. The zero-order valence-corrected chi connectivity index (χ0v) is 16.8. The van der Waals surface area contributed by atoms with Crippen molar-refractivity contribution >= 4 is 11.7 Å². The predicted molar refractivity (Wildman–Crippen MR) is 103 cm³/mol. The second-order valence-electron chi connectivity index (χ2n) is 7.70. The molecule has 0 bridgehead atoms. The Morgan fingerprint density at radius 2 is 1.93 bits per heavy atom. The molecule has 1 amide bonds. The van der Waals surface area contributed by atoms with Crippen LogP contribution in [0.15, 0.2) is 36.5 Å². The molecular formula is C20H22F3N5O2. The largest absolute Gasteiger partial charge is 0.573 e. The van der Waals surface area contributed by atoms with Crippen LogP contribution in [0.5, 0.6) is 5.75 Å². The highest BCUT2D eigenvalue weighted by atomic mass is 19.4. The lowest BCUT2D eigenvalue weighted by Crippen LogP contribution is -2.41. The van der Waals surface area contributed by atoms with Gasteiger partial charge in [-0.25, -0.2) is 9.97 Å². The Bertz CT molecular complexity index is 920. The van der Waals surface area contributed by atoms with Gasteiger partial charge in [0, 0.05) is 24.8 Å². The SMILES string of the molecule is CC(C)(C)CN(CC(=O)NCc1ccccc1OC(F)(F)F)c1ccnc(C#N)n1. The van der Waals surface area contributed by atoms with E-state index in [1.165, 1.54) is 24.4 Å². The lowest BCUT2D eigenvalue weighted by atomic mass is 9.96. The molecule has 0 radical (unpaired) electrons. The van der Waals surface area contributed by atoms with Gasteiger partial charge in [-0.15, -0.1) is 13.2 Å². The second-order valence-corrected chi connectivity index (χ2v) is 7.70. The number of ether oxygens (including phenoxy) is 1. The number of nitrogens with zero attached hydrogens (tertiary/aromatic N) is 4. The molecule has 2 rings (SSSR count). The van der Waals surface area contributed by atoms with E-state index in [-0.39, 0.29) is 35.6 Å². The van der Waals surface area contributed by atoms with Gasteiger partial charge in [-0.05, 0) is 17.5 Å². The molecule has 0 aliphatic rings. The van der Waals surface area contributed by atoms with Crippen molar-refractivity contribution in [2.45, 2.75) is 33.7 Å². The molecule has 2 aromatic rings. The van der Waals surface area contributed by atoms with Gasteiger partial charge in [0.2, 0.25) is 11.7 Å². The first-order valence-corrected chi connectivity index (χ1v) is 9.05. The van der Waals surface area contributed by atoms with Crippen molar-refractivity contribution in [1.29, 1.82) is 5.26 Å². The summed E-state index contributed by atoms with van der Waals surface area (Å²) in [5.41, 5.74) is 0.00454. The van der Waals surface area contributed by atoms with Crippen LogP contribution < -0.4 is 15.0 Å². The molecule has 10 heteroatoms. The van der Waals surface area contributed by atoms with Crippen LogP contribution in [0.2, 0.25) is 0 Å². The lowest BCUT2D eigenvalue weighted by molar-refractivity contribution is -0.274. The minimum atomic E-state index is -4.82. The molecule has 0 saturated carbocycles. The zero-order chi connectivity index (χ0) is 22.4. The molecule has 0 aliphatic carbocycles.